The molecule has 0 fully saturated rings. The quantitative estimate of drug-likeness (QED) is 0.793. The predicted molar refractivity (Wildman–Crippen MR) is 91.9 cm³/mol. The molecule has 0 aliphatic carbocycles. The number of amides is 1. The number of benzene rings is 2. The molecule has 2 aromatic carbocycles. The maximum atomic E-state index is 12.0. The lowest BCUT2D eigenvalue weighted by Crippen LogP contribution is -2.30. The fraction of sp³-hybridized carbons (Fsp3) is 0.263. The van der Waals surface area contributed by atoms with Gasteiger partial charge in [-0.25, -0.2) is 0 Å². The summed E-state index contributed by atoms with van der Waals surface area (Å²) in [6.45, 7) is 1.56. The number of rotatable bonds is 7. The van der Waals surface area contributed by atoms with E-state index >= 15 is 0 Å². The van der Waals surface area contributed by atoms with E-state index in [0.29, 0.717) is 12.1 Å². The minimum atomic E-state index is -0.844. The fourth-order valence-corrected chi connectivity index (χ4v) is 2.15. The zero-order chi connectivity index (χ0) is 17.4. The van der Waals surface area contributed by atoms with Crippen molar-refractivity contribution in [1.82, 2.24) is 0 Å². The minimum absolute atomic E-state index is 0.204. The Morgan fingerprint density at radius 3 is 2.54 bits per heavy atom. The Hall–Kier alpha value is -2.82. The number of aryl methyl sites for hydroxylation is 1. The normalized spacial score (nSPS) is 11.4. The van der Waals surface area contributed by atoms with Crippen LogP contribution in [0.4, 0.5) is 5.69 Å². The first-order valence-electron chi connectivity index (χ1n) is 7.77. The van der Waals surface area contributed by atoms with Crippen LogP contribution < -0.4 is 10.1 Å². The topological polar surface area (TPSA) is 64.6 Å². The number of anilines is 1. The largest absolute Gasteiger partial charge is 0.497 e. The van der Waals surface area contributed by atoms with E-state index in [4.69, 9.17) is 9.47 Å². The maximum absolute atomic E-state index is 12.0. The van der Waals surface area contributed by atoms with Crippen LogP contribution >= 0.6 is 0 Å². The van der Waals surface area contributed by atoms with Crippen molar-refractivity contribution < 1.29 is 19.1 Å². The van der Waals surface area contributed by atoms with Crippen molar-refractivity contribution in [2.24, 2.45) is 0 Å². The third-order valence-electron chi connectivity index (χ3n) is 3.47. The second-order valence-electron chi connectivity index (χ2n) is 5.34. The lowest BCUT2D eigenvalue weighted by Gasteiger charge is -2.13. The first kappa shape index (κ1) is 17.5. The van der Waals surface area contributed by atoms with Gasteiger partial charge in [-0.2, -0.15) is 0 Å². The molecule has 1 unspecified atom stereocenters. The molecule has 1 amide bonds. The minimum Gasteiger partial charge on any atom is -0.497 e. The lowest BCUT2D eigenvalue weighted by molar-refractivity contribution is -0.153. The first-order chi connectivity index (χ1) is 11.6. The zero-order valence-electron chi connectivity index (χ0n) is 13.8. The Bertz CT molecular complexity index is 685. The van der Waals surface area contributed by atoms with Crippen LogP contribution in [0.2, 0.25) is 0 Å². The number of esters is 1. The number of hydrogen-bond acceptors (Lipinski definition) is 4. The maximum Gasteiger partial charge on any atom is 0.306 e. The molecule has 2 aromatic rings. The number of carbonyl (C=O) groups excluding carboxylic acids is 2. The van der Waals surface area contributed by atoms with Gasteiger partial charge >= 0.3 is 5.97 Å². The molecule has 0 aromatic heterocycles. The van der Waals surface area contributed by atoms with Crippen LogP contribution in [0, 0.1) is 0 Å². The van der Waals surface area contributed by atoms with Gasteiger partial charge in [0.25, 0.3) is 5.91 Å². The molecule has 0 spiro atoms. The fourth-order valence-electron chi connectivity index (χ4n) is 2.15. The Labute approximate surface area is 141 Å². The summed E-state index contributed by atoms with van der Waals surface area (Å²) in [6.07, 6.45) is -0.109. The highest BCUT2D eigenvalue weighted by atomic mass is 16.5. The monoisotopic (exact) mass is 327 g/mol. The number of ether oxygens (including phenoxy) is 2. The molecule has 0 aliphatic heterocycles. The molecule has 0 bridgehead atoms. The van der Waals surface area contributed by atoms with Crippen molar-refractivity contribution in [3.8, 4) is 5.75 Å². The molecule has 0 saturated heterocycles. The van der Waals surface area contributed by atoms with E-state index in [1.165, 1.54) is 0 Å². The van der Waals surface area contributed by atoms with Crippen LogP contribution in [0.1, 0.15) is 18.9 Å². The summed E-state index contributed by atoms with van der Waals surface area (Å²) in [5, 5.41) is 2.70. The van der Waals surface area contributed by atoms with Crippen molar-refractivity contribution in [1.29, 1.82) is 0 Å². The second-order valence-corrected chi connectivity index (χ2v) is 5.34. The molecule has 5 nitrogen and oxygen atoms in total. The highest BCUT2D eigenvalue weighted by Gasteiger charge is 2.17. The lowest BCUT2D eigenvalue weighted by atomic mass is 10.1. The van der Waals surface area contributed by atoms with Gasteiger partial charge in [0.05, 0.1) is 7.11 Å². The van der Waals surface area contributed by atoms with Crippen LogP contribution in [0.15, 0.2) is 54.6 Å². The molecule has 1 N–H and O–H groups in total. The van der Waals surface area contributed by atoms with E-state index in [9.17, 15) is 9.59 Å². The van der Waals surface area contributed by atoms with E-state index in [2.05, 4.69) is 5.32 Å². The van der Waals surface area contributed by atoms with Crippen LogP contribution in [0.25, 0.3) is 0 Å². The van der Waals surface area contributed by atoms with Crippen molar-refractivity contribution in [3.05, 3.63) is 60.2 Å². The number of methoxy groups -OCH3 is 1. The van der Waals surface area contributed by atoms with Gasteiger partial charge < -0.3 is 14.8 Å². The van der Waals surface area contributed by atoms with Gasteiger partial charge in [0.15, 0.2) is 6.10 Å². The summed E-state index contributed by atoms with van der Waals surface area (Å²) in [5.41, 5.74) is 1.65. The van der Waals surface area contributed by atoms with Crippen molar-refractivity contribution >= 4 is 17.6 Å². The molecule has 0 saturated carbocycles. The van der Waals surface area contributed by atoms with E-state index < -0.39 is 12.1 Å². The smallest absolute Gasteiger partial charge is 0.306 e. The summed E-state index contributed by atoms with van der Waals surface area (Å²) < 4.78 is 10.3. The number of hydrogen-bond donors (Lipinski definition) is 1. The number of para-hydroxylation sites is 1. The molecule has 0 radical (unpaired) electrons. The van der Waals surface area contributed by atoms with Gasteiger partial charge in [0.2, 0.25) is 0 Å². The molecule has 2 rings (SSSR count). The zero-order valence-corrected chi connectivity index (χ0v) is 13.8. The third-order valence-corrected chi connectivity index (χ3v) is 3.47. The average Bonchev–Trinajstić information content (AvgIpc) is 2.61. The Morgan fingerprint density at radius 1 is 1.08 bits per heavy atom. The third kappa shape index (κ3) is 5.43. The molecule has 5 heteroatoms. The molecule has 1 atom stereocenters. The summed E-state index contributed by atoms with van der Waals surface area (Å²) in [7, 11) is 1.60. The van der Waals surface area contributed by atoms with Crippen LogP contribution in [-0.4, -0.2) is 25.1 Å². The molecule has 0 aliphatic rings. The van der Waals surface area contributed by atoms with Crippen LogP contribution in [0.5, 0.6) is 5.75 Å². The predicted octanol–water partition coefficient (Wildman–Crippen LogP) is 3.20. The standard InChI is InChI=1S/C19H21NO4/c1-14(19(22)20-16-8-4-3-5-9-16)24-18(21)12-11-15-7-6-10-17(13-15)23-2/h3-10,13-14H,11-12H2,1-2H3,(H,20,22). The SMILES string of the molecule is COc1cccc(CCC(=O)OC(C)C(=O)Nc2ccccc2)c1. The summed E-state index contributed by atoms with van der Waals surface area (Å²) in [5.74, 6) is -0.0130. The molecule has 126 valence electrons. The average molecular weight is 327 g/mol. The highest BCUT2D eigenvalue weighted by molar-refractivity contribution is 5.95. The van der Waals surface area contributed by atoms with E-state index in [0.717, 1.165) is 11.3 Å². The van der Waals surface area contributed by atoms with E-state index in [1.807, 2.05) is 42.5 Å². The van der Waals surface area contributed by atoms with Gasteiger partial charge in [-0.1, -0.05) is 30.3 Å². The van der Waals surface area contributed by atoms with Crippen LogP contribution in [0.3, 0.4) is 0 Å². The van der Waals surface area contributed by atoms with Crippen LogP contribution in [-0.2, 0) is 20.7 Å². The molecule has 0 heterocycles. The van der Waals surface area contributed by atoms with Gasteiger partial charge in [0, 0.05) is 12.1 Å². The van der Waals surface area contributed by atoms with Crippen molar-refractivity contribution in [2.45, 2.75) is 25.9 Å². The number of nitrogens with one attached hydrogen (secondary N) is 1. The molecular weight excluding hydrogens is 306 g/mol. The second kappa shape index (κ2) is 8.72. The molecule has 24 heavy (non-hydrogen) atoms. The van der Waals surface area contributed by atoms with Gasteiger partial charge in [-0.05, 0) is 43.2 Å². The highest BCUT2D eigenvalue weighted by Crippen LogP contribution is 2.14. The van der Waals surface area contributed by atoms with Gasteiger partial charge in [0.1, 0.15) is 5.75 Å². The summed E-state index contributed by atoms with van der Waals surface area (Å²) in [6, 6.07) is 16.6. The number of carbonyl (C=O) groups is 2. The summed E-state index contributed by atoms with van der Waals surface area (Å²) in [4.78, 5) is 23.9. The molecular formula is C19H21NO4. The Kier molecular flexibility index (Phi) is 6.37. The van der Waals surface area contributed by atoms with E-state index in [1.54, 1.807) is 26.2 Å². The summed E-state index contributed by atoms with van der Waals surface area (Å²) >= 11 is 0. The van der Waals surface area contributed by atoms with Crippen molar-refractivity contribution in [3.63, 3.8) is 0 Å². The van der Waals surface area contributed by atoms with Gasteiger partial charge in [-0.15, -0.1) is 0 Å². The van der Waals surface area contributed by atoms with Crippen molar-refractivity contribution in [2.75, 3.05) is 12.4 Å². The Balaban J connectivity index is 1.79. The van der Waals surface area contributed by atoms with E-state index in [-0.39, 0.29) is 12.3 Å². The van der Waals surface area contributed by atoms with Gasteiger partial charge in [-0.3, -0.25) is 9.59 Å². The Morgan fingerprint density at radius 2 is 1.83 bits per heavy atom. The first-order valence-corrected chi connectivity index (χ1v) is 7.77.